The van der Waals surface area contributed by atoms with Crippen LogP contribution in [0.3, 0.4) is 0 Å². The highest BCUT2D eigenvalue weighted by Gasteiger charge is 2.65. The number of ether oxygens (including phenoxy) is 2. The molecule has 35 heavy (non-hydrogen) atoms. The van der Waals surface area contributed by atoms with Crippen molar-refractivity contribution in [1.29, 1.82) is 0 Å². The summed E-state index contributed by atoms with van der Waals surface area (Å²) in [6, 6.07) is 42.6. The van der Waals surface area contributed by atoms with Crippen molar-refractivity contribution in [3.8, 4) is 11.5 Å². The molecule has 2 nitrogen and oxygen atoms in total. The van der Waals surface area contributed by atoms with E-state index in [9.17, 15) is 0 Å². The van der Waals surface area contributed by atoms with Gasteiger partial charge in [-0.2, -0.15) is 0 Å². The first kappa shape index (κ1) is 19.5. The van der Waals surface area contributed by atoms with Crippen molar-refractivity contribution in [2.75, 3.05) is 0 Å². The van der Waals surface area contributed by atoms with Crippen LogP contribution in [-0.4, -0.2) is 0 Å². The molecule has 0 radical (unpaired) electrons. The maximum absolute atomic E-state index is 7.45. The van der Waals surface area contributed by atoms with E-state index in [0.717, 1.165) is 32.4 Å². The quantitative estimate of drug-likeness (QED) is 0.258. The Hall–Kier alpha value is -3.79. The van der Waals surface area contributed by atoms with Gasteiger partial charge in [-0.15, -0.1) is 0 Å². The van der Waals surface area contributed by atoms with Crippen molar-refractivity contribution in [3.63, 3.8) is 0 Å². The summed E-state index contributed by atoms with van der Waals surface area (Å²) in [5.74, 6) is 1.79. The van der Waals surface area contributed by atoms with Crippen LogP contribution in [0.4, 0.5) is 0 Å². The predicted molar refractivity (Wildman–Crippen MR) is 137 cm³/mol. The van der Waals surface area contributed by atoms with Crippen molar-refractivity contribution >= 4 is 11.8 Å². The second-order valence-electron chi connectivity index (χ2n) is 9.21. The molecule has 0 fully saturated rings. The second kappa shape index (κ2) is 6.88. The number of para-hydroxylation sites is 1. The number of fused-ring (bicyclic) bond motifs is 11. The fourth-order valence-electron chi connectivity index (χ4n) is 6.13. The highest BCUT2D eigenvalue weighted by Crippen LogP contribution is 2.69. The van der Waals surface area contributed by atoms with Crippen molar-refractivity contribution in [1.82, 2.24) is 0 Å². The number of hydrogen-bond donors (Lipinski definition) is 0. The lowest BCUT2D eigenvalue weighted by Crippen LogP contribution is -2.28. The summed E-state index contributed by atoms with van der Waals surface area (Å²) in [6.45, 7) is 0. The minimum absolute atomic E-state index is 0.685. The van der Waals surface area contributed by atoms with Gasteiger partial charge in [-0.1, -0.05) is 115 Å². The van der Waals surface area contributed by atoms with E-state index in [1.54, 1.807) is 11.8 Å². The Morgan fingerprint density at radius 3 is 1.83 bits per heavy atom. The van der Waals surface area contributed by atoms with Crippen LogP contribution in [-0.2, 0) is 15.9 Å². The van der Waals surface area contributed by atoms with Crippen LogP contribution in [0.2, 0.25) is 0 Å². The van der Waals surface area contributed by atoms with E-state index in [4.69, 9.17) is 9.47 Å². The van der Waals surface area contributed by atoms with Crippen LogP contribution in [0.25, 0.3) is 0 Å². The van der Waals surface area contributed by atoms with Gasteiger partial charge in [0, 0.05) is 11.1 Å². The third kappa shape index (κ3) is 2.35. The van der Waals surface area contributed by atoms with Gasteiger partial charge >= 0.3 is 0 Å². The summed E-state index contributed by atoms with van der Waals surface area (Å²) in [5.41, 5.74) is 5.68. The Morgan fingerprint density at radius 2 is 1.09 bits per heavy atom. The molecule has 0 saturated carbocycles. The minimum Gasteiger partial charge on any atom is -0.455 e. The molecule has 2 unspecified atom stereocenters. The number of benzene rings is 5. The lowest BCUT2D eigenvalue weighted by molar-refractivity contribution is -0.0265. The van der Waals surface area contributed by atoms with Gasteiger partial charge < -0.3 is 9.47 Å². The Kier molecular flexibility index (Phi) is 3.83. The molecule has 0 N–H and O–H groups in total. The zero-order chi connectivity index (χ0) is 23.0. The largest absolute Gasteiger partial charge is 0.455 e. The molecule has 8 rings (SSSR count). The fourth-order valence-corrected chi connectivity index (χ4v) is 7.28. The normalized spacial score (nSPS) is 22.5. The molecule has 5 aromatic rings. The molecule has 3 heteroatoms. The van der Waals surface area contributed by atoms with Crippen molar-refractivity contribution < 1.29 is 9.47 Å². The fraction of sp³-hybridized carbons (Fsp3) is 0.0625. The Morgan fingerprint density at radius 1 is 0.486 bits per heavy atom. The van der Waals surface area contributed by atoms with E-state index in [1.165, 1.54) is 22.3 Å². The molecule has 5 aromatic carbocycles. The van der Waals surface area contributed by atoms with Crippen LogP contribution in [0.5, 0.6) is 11.5 Å². The van der Waals surface area contributed by atoms with Crippen LogP contribution < -0.4 is 4.74 Å². The summed E-state index contributed by atoms with van der Waals surface area (Å²) >= 11 is 1.78. The molecule has 3 heterocycles. The van der Waals surface area contributed by atoms with Gasteiger partial charge in [0.1, 0.15) is 22.7 Å². The van der Waals surface area contributed by atoms with E-state index in [1.807, 2.05) is 12.1 Å². The molecule has 2 atom stereocenters. The first-order chi connectivity index (χ1) is 17.3. The molecular formula is C32H20O2S. The van der Waals surface area contributed by atoms with Gasteiger partial charge in [-0.05, 0) is 40.5 Å². The molecule has 0 saturated heterocycles. The summed E-state index contributed by atoms with van der Waals surface area (Å²) in [6.07, 6.45) is 0. The Balaban J connectivity index is 1.51. The van der Waals surface area contributed by atoms with E-state index in [-0.39, 0.29) is 0 Å². The standard InChI is InChI=1S/C32H20O2S/c1-3-11-21(12-4-1)31-23-15-7-8-16-24(23)32(34-31,22-13-5-2-6-14-22)29-25(31)19-20-27-30(29)35-28-18-10-9-17-26(28)33-27/h1-20H. The number of hydrogen-bond acceptors (Lipinski definition) is 3. The van der Waals surface area contributed by atoms with Gasteiger partial charge in [-0.25, -0.2) is 0 Å². The molecule has 0 spiro atoms. The van der Waals surface area contributed by atoms with E-state index < -0.39 is 11.2 Å². The lowest BCUT2D eigenvalue weighted by Gasteiger charge is -2.33. The topological polar surface area (TPSA) is 18.5 Å². The molecule has 3 aliphatic rings. The first-order valence-electron chi connectivity index (χ1n) is 11.9. The van der Waals surface area contributed by atoms with Crippen LogP contribution >= 0.6 is 11.8 Å². The third-order valence-corrected chi connectivity index (χ3v) is 8.65. The average molecular weight is 469 g/mol. The maximum Gasteiger partial charge on any atom is 0.147 e. The smallest absolute Gasteiger partial charge is 0.147 e. The van der Waals surface area contributed by atoms with E-state index in [0.29, 0.717) is 0 Å². The molecule has 0 amide bonds. The van der Waals surface area contributed by atoms with Crippen molar-refractivity contribution in [2.45, 2.75) is 21.0 Å². The summed E-state index contributed by atoms with van der Waals surface area (Å²) in [4.78, 5) is 2.26. The van der Waals surface area contributed by atoms with Crippen LogP contribution in [0.15, 0.2) is 131 Å². The Labute approximate surface area is 208 Å². The van der Waals surface area contributed by atoms with Gasteiger partial charge in [0.05, 0.1) is 9.79 Å². The summed E-state index contributed by atoms with van der Waals surface area (Å²) in [5, 5.41) is 0. The molecule has 0 aliphatic carbocycles. The third-order valence-electron chi connectivity index (χ3n) is 7.49. The summed E-state index contributed by atoms with van der Waals surface area (Å²) < 4.78 is 13.9. The van der Waals surface area contributed by atoms with Gasteiger partial charge in [-0.3, -0.25) is 0 Å². The van der Waals surface area contributed by atoms with Gasteiger partial charge in [0.25, 0.3) is 0 Å². The van der Waals surface area contributed by atoms with Crippen molar-refractivity contribution in [3.05, 3.63) is 155 Å². The first-order valence-corrected chi connectivity index (χ1v) is 12.7. The predicted octanol–water partition coefficient (Wildman–Crippen LogP) is 7.87. The monoisotopic (exact) mass is 468 g/mol. The highest BCUT2D eigenvalue weighted by atomic mass is 32.2. The summed E-state index contributed by atoms with van der Waals surface area (Å²) in [7, 11) is 0. The van der Waals surface area contributed by atoms with Crippen molar-refractivity contribution in [2.24, 2.45) is 0 Å². The molecule has 166 valence electrons. The maximum atomic E-state index is 7.45. The van der Waals surface area contributed by atoms with E-state index >= 15 is 0 Å². The van der Waals surface area contributed by atoms with Crippen LogP contribution in [0.1, 0.15) is 33.4 Å². The second-order valence-corrected chi connectivity index (χ2v) is 10.3. The van der Waals surface area contributed by atoms with E-state index in [2.05, 4.69) is 109 Å². The minimum atomic E-state index is -0.725. The number of rotatable bonds is 2. The molecular weight excluding hydrogens is 448 g/mol. The van der Waals surface area contributed by atoms with Gasteiger partial charge in [0.15, 0.2) is 0 Å². The lowest BCUT2D eigenvalue weighted by atomic mass is 9.68. The zero-order valence-electron chi connectivity index (χ0n) is 18.8. The van der Waals surface area contributed by atoms with Gasteiger partial charge in [0.2, 0.25) is 0 Å². The molecule has 2 bridgehead atoms. The SMILES string of the molecule is c1ccc(C23OC(c4ccccc4)(c4ccccc42)c2c3ccc3c2Sc2ccccc2O3)cc1. The van der Waals surface area contributed by atoms with Crippen LogP contribution in [0, 0.1) is 0 Å². The Bertz CT molecular complexity index is 1630. The highest BCUT2D eigenvalue weighted by molar-refractivity contribution is 7.99. The molecule has 0 aromatic heterocycles. The molecule has 3 aliphatic heterocycles. The zero-order valence-corrected chi connectivity index (χ0v) is 19.6. The average Bonchev–Trinajstić information content (AvgIpc) is 3.43.